The largest absolute Gasteiger partial charge is 0.495 e. The van der Waals surface area contributed by atoms with E-state index in [-0.39, 0.29) is 12.5 Å². The van der Waals surface area contributed by atoms with Gasteiger partial charge < -0.3 is 19.7 Å². The number of nitrogens with zero attached hydrogens (tertiary/aromatic N) is 3. The second kappa shape index (κ2) is 9.04. The lowest BCUT2D eigenvalue weighted by molar-refractivity contribution is -0.118. The number of carbonyl (C=O) groups excluding carboxylic acids is 1. The van der Waals surface area contributed by atoms with E-state index >= 15 is 0 Å². The first kappa shape index (κ1) is 20.7. The average molecular weight is 418 g/mol. The van der Waals surface area contributed by atoms with E-state index in [9.17, 15) is 4.79 Å². The molecule has 0 unspecified atom stereocenters. The highest BCUT2D eigenvalue weighted by Gasteiger charge is 2.19. The van der Waals surface area contributed by atoms with Crippen molar-refractivity contribution in [3.8, 4) is 11.6 Å². The summed E-state index contributed by atoms with van der Waals surface area (Å²) in [5, 5.41) is 2.83. The van der Waals surface area contributed by atoms with Crippen LogP contribution in [-0.2, 0) is 17.8 Å². The summed E-state index contributed by atoms with van der Waals surface area (Å²) in [5.41, 5.74) is 5.08. The fourth-order valence-electron chi connectivity index (χ4n) is 3.65. The normalized spacial score (nSPS) is 12.8. The molecule has 1 aliphatic heterocycles. The Labute approximate surface area is 182 Å². The van der Waals surface area contributed by atoms with Crippen molar-refractivity contribution in [2.24, 2.45) is 0 Å². The van der Waals surface area contributed by atoms with Gasteiger partial charge in [0.25, 0.3) is 5.91 Å². The Morgan fingerprint density at radius 2 is 1.90 bits per heavy atom. The van der Waals surface area contributed by atoms with Crippen LogP contribution in [0.25, 0.3) is 0 Å². The Balaban J connectivity index is 1.42. The molecule has 7 heteroatoms. The van der Waals surface area contributed by atoms with Crippen molar-refractivity contribution in [2.75, 3.05) is 30.5 Å². The van der Waals surface area contributed by atoms with E-state index in [1.54, 1.807) is 13.2 Å². The van der Waals surface area contributed by atoms with Gasteiger partial charge in [-0.25, -0.2) is 4.98 Å². The van der Waals surface area contributed by atoms with Crippen LogP contribution in [0.4, 0.5) is 11.6 Å². The minimum atomic E-state index is -0.284. The molecule has 0 bridgehead atoms. The van der Waals surface area contributed by atoms with Gasteiger partial charge >= 0.3 is 0 Å². The maximum absolute atomic E-state index is 12.4. The molecule has 1 aliphatic rings. The summed E-state index contributed by atoms with van der Waals surface area (Å²) in [4.78, 5) is 23.7. The predicted molar refractivity (Wildman–Crippen MR) is 120 cm³/mol. The number of aromatic nitrogens is 2. The number of anilines is 2. The van der Waals surface area contributed by atoms with Crippen molar-refractivity contribution >= 4 is 17.5 Å². The van der Waals surface area contributed by atoms with E-state index in [2.05, 4.69) is 44.5 Å². The molecule has 1 aromatic heterocycles. The van der Waals surface area contributed by atoms with Crippen LogP contribution < -0.4 is 19.7 Å². The topological polar surface area (TPSA) is 76.6 Å². The molecule has 0 saturated heterocycles. The second-order valence-corrected chi connectivity index (χ2v) is 7.63. The van der Waals surface area contributed by atoms with Gasteiger partial charge in [0.2, 0.25) is 11.8 Å². The van der Waals surface area contributed by atoms with Crippen molar-refractivity contribution in [3.63, 3.8) is 0 Å². The molecule has 2 heterocycles. The van der Waals surface area contributed by atoms with Crippen molar-refractivity contribution < 1.29 is 14.3 Å². The van der Waals surface area contributed by atoms with Gasteiger partial charge in [0.05, 0.1) is 12.8 Å². The third-order valence-corrected chi connectivity index (χ3v) is 5.21. The number of hydrogen-bond acceptors (Lipinski definition) is 6. The fraction of sp³-hybridized carbons (Fsp3) is 0.292. The number of benzene rings is 2. The zero-order chi connectivity index (χ0) is 21.8. The van der Waals surface area contributed by atoms with Crippen molar-refractivity contribution in [2.45, 2.75) is 26.8 Å². The summed E-state index contributed by atoms with van der Waals surface area (Å²) < 4.78 is 11.0. The van der Waals surface area contributed by atoms with Gasteiger partial charge in [-0.2, -0.15) is 4.98 Å². The third kappa shape index (κ3) is 4.94. The Hall–Kier alpha value is -3.61. The first-order valence-corrected chi connectivity index (χ1v) is 10.3. The molecule has 0 aliphatic carbocycles. The first-order chi connectivity index (χ1) is 15.0. The van der Waals surface area contributed by atoms with Crippen LogP contribution in [0.1, 0.15) is 22.4 Å². The Morgan fingerprint density at radius 3 is 2.71 bits per heavy atom. The molecular weight excluding hydrogens is 392 g/mol. The summed E-state index contributed by atoms with van der Waals surface area (Å²) in [7, 11) is 1.57. The van der Waals surface area contributed by atoms with Crippen LogP contribution in [0.15, 0.2) is 48.5 Å². The molecular formula is C24H26N4O3. The molecule has 7 nitrogen and oxygen atoms in total. The van der Waals surface area contributed by atoms with Crippen LogP contribution in [0.2, 0.25) is 0 Å². The van der Waals surface area contributed by atoms with E-state index in [1.165, 1.54) is 11.1 Å². The summed E-state index contributed by atoms with van der Waals surface area (Å²) >= 11 is 0. The number of amides is 1. The molecule has 0 fully saturated rings. The van der Waals surface area contributed by atoms with E-state index in [1.807, 2.05) is 32.0 Å². The van der Waals surface area contributed by atoms with Gasteiger partial charge in [-0.15, -0.1) is 0 Å². The van der Waals surface area contributed by atoms with Crippen LogP contribution >= 0.6 is 0 Å². The van der Waals surface area contributed by atoms with Gasteiger partial charge in [0.1, 0.15) is 5.75 Å². The molecule has 160 valence electrons. The maximum Gasteiger partial charge on any atom is 0.262 e. The second-order valence-electron chi connectivity index (χ2n) is 7.63. The number of methoxy groups -OCH3 is 1. The van der Waals surface area contributed by atoms with Crippen LogP contribution in [0.5, 0.6) is 11.6 Å². The van der Waals surface area contributed by atoms with Gasteiger partial charge in [0, 0.05) is 24.8 Å². The lowest BCUT2D eigenvalue weighted by atomic mass is 10.0. The molecule has 1 amide bonds. The van der Waals surface area contributed by atoms with Crippen LogP contribution in [0, 0.1) is 13.8 Å². The number of aryl methyl sites for hydroxylation is 2. The van der Waals surface area contributed by atoms with Gasteiger partial charge in [-0.1, -0.05) is 30.3 Å². The predicted octanol–water partition coefficient (Wildman–Crippen LogP) is 3.68. The Kier molecular flexibility index (Phi) is 6.02. The number of rotatable bonds is 6. The highest BCUT2D eigenvalue weighted by Crippen LogP contribution is 2.26. The molecule has 0 atom stereocenters. The first-order valence-electron chi connectivity index (χ1n) is 10.3. The SMILES string of the molecule is COc1ccc(C)cc1NC(=O)COc1cc(C)nc(N2CCc3ccccc3C2)n1. The Morgan fingerprint density at radius 1 is 1.10 bits per heavy atom. The summed E-state index contributed by atoms with van der Waals surface area (Å²) in [6, 6.07) is 15.8. The average Bonchev–Trinajstić information content (AvgIpc) is 2.77. The zero-order valence-electron chi connectivity index (χ0n) is 18.0. The lowest BCUT2D eigenvalue weighted by Crippen LogP contribution is -2.32. The van der Waals surface area contributed by atoms with E-state index in [4.69, 9.17) is 9.47 Å². The number of hydrogen-bond donors (Lipinski definition) is 1. The van der Waals surface area contributed by atoms with Crippen molar-refractivity contribution in [1.82, 2.24) is 9.97 Å². The summed E-state index contributed by atoms with van der Waals surface area (Å²) in [5.74, 6) is 1.32. The molecule has 0 spiro atoms. The van der Waals surface area contributed by atoms with Crippen molar-refractivity contribution in [3.05, 3.63) is 70.9 Å². The standard InChI is InChI=1S/C24H26N4O3/c1-16-8-9-21(30-3)20(12-16)26-22(29)15-31-23-13-17(2)25-24(27-23)28-11-10-18-6-4-5-7-19(18)14-28/h4-9,12-13H,10-11,14-15H2,1-3H3,(H,26,29). The van der Waals surface area contributed by atoms with E-state index < -0.39 is 0 Å². The maximum atomic E-state index is 12.4. The lowest BCUT2D eigenvalue weighted by Gasteiger charge is -2.29. The molecule has 4 rings (SSSR count). The quantitative estimate of drug-likeness (QED) is 0.658. The fourth-order valence-corrected chi connectivity index (χ4v) is 3.65. The summed E-state index contributed by atoms with van der Waals surface area (Å²) in [6.45, 7) is 5.29. The molecule has 3 aromatic rings. The van der Waals surface area contributed by atoms with Gasteiger partial charge in [-0.3, -0.25) is 4.79 Å². The monoisotopic (exact) mass is 418 g/mol. The third-order valence-electron chi connectivity index (χ3n) is 5.21. The number of fused-ring (bicyclic) bond motifs is 1. The molecule has 1 N–H and O–H groups in total. The highest BCUT2D eigenvalue weighted by molar-refractivity contribution is 5.93. The zero-order valence-corrected chi connectivity index (χ0v) is 18.0. The van der Waals surface area contributed by atoms with Crippen LogP contribution in [-0.4, -0.2) is 36.1 Å². The number of nitrogens with one attached hydrogen (secondary N) is 1. The Bertz CT molecular complexity index is 1100. The number of carbonyl (C=O) groups is 1. The minimum Gasteiger partial charge on any atom is -0.495 e. The number of ether oxygens (including phenoxy) is 2. The van der Waals surface area contributed by atoms with E-state index in [0.717, 1.165) is 30.8 Å². The van der Waals surface area contributed by atoms with Crippen LogP contribution in [0.3, 0.4) is 0 Å². The van der Waals surface area contributed by atoms with Crippen molar-refractivity contribution in [1.29, 1.82) is 0 Å². The molecule has 0 saturated carbocycles. The van der Waals surface area contributed by atoms with E-state index in [0.29, 0.717) is 23.3 Å². The van der Waals surface area contributed by atoms with Gasteiger partial charge in [-0.05, 0) is 49.1 Å². The molecule has 2 aromatic carbocycles. The highest BCUT2D eigenvalue weighted by atomic mass is 16.5. The minimum absolute atomic E-state index is 0.157. The molecule has 0 radical (unpaired) electrons. The molecule has 31 heavy (non-hydrogen) atoms. The summed E-state index contributed by atoms with van der Waals surface area (Å²) in [6.07, 6.45) is 0.949. The smallest absolute Gasteiger partial charge is 0.262 e. The van der Waals surface area contributed by atoms with Gasteiger partial charge in [0.15, 0.2) is 6.61 Å².